The van der Waals surface area contributed by atoms with Crippen LogP contribution in [0.25, 0.3) is 0 Å². The molecule has 2 rings (SSSR count). The fourth-order valence-electron chi connectivity index (χ4n) is 2.35. The predicted octanol–water partition coefficient (Wildman–Crippen LogP) is 5.97. The summed E-state index contributed by atoms with van der Waals surface area (Å²) in [5.74, 6) is 0. The van der Waals surface area contributed by atoms with Crippen molar-refractivity contribution < 1.29 is 16.5 Å². The van der Waals surface area contributed by atoms with Crippen LogP contribution >= 0.6 is 0 Å². The molecule has 2 aromatic carbocycles. The maximum absolute atomic E-state index is 4.80. The number of benzene rings is 2. The molecule has 0 N–H and O–H groups in total. The molecule has 0 aliphatic rings. The van der Waals surface area contributed by atoms with Gasteiger partial charge in [0, 0.05) is 22.7 Å². The molecule has 0 aliphatic heterocycles. The Bertz CT molecular complexity index is 640. The number of aryl methyl sites for hydroxylation is 2. The van der Waals surface area contributed by atoms with Crippen LogP contribution in [0.2, 0.25) is 0 Å². The Morgan fingerprint density at radius 2 is 1.61 bits per heavy atom. The maximum atomic E-state index is 4.80. The molecule has 0 spiro atoms. The van der Waals surface area contributed by atoms with Crippen molar-refractivity contribution in [2.24, 2.45) is 9.98 Å². The maximum Gasteiger partial charge on any atom is 0.0638 e. The first-order valence-electron chi connectivity index (χ1n) is 7.92. The van der Waals surface area contributed by atoms with E-state index in [0.29, 0.717) is 0 Å². The quantitative estimate of drug-likeness (QED) is 0.453. The normalized spacial score (nSPS) is 11.5. The van der Waals surface area contributed by atoms with Crippen molar-refractivity contribution in [3.63, 3.8) is 0 Å². The Kier molecular flexibility index (Phi) is 8.50. The second-order valence-electron chi connectivity index (χ2n) is 5.65. The van der Waals surface area contributed by atoms with Crippen LogP contribution in [0.4, 0.5) is 11.4 Å². The molecule has 0 radical (unpaired) electrons. The van der Waals surface area contributed by atoms with Gasteiger partial charge >= 0.3 is 0 Å². The third-order valence-corrected chi connectivity index (χ3v) is 3.38. The summed E-state index contributed by atoms with van der Waals surface area (Å²) < 4.78 is 0. The van der Waals surface area contributed by atoms with Crippen molar-refractivity contribution >= 4 is 23.3 Å². The van der Waals surface area contributed by atoms with Gasteiger partial charge in [-0.2, -0.15) is 0 Å². The number of rotatable bonds is 6. The van der Waals surface area contributed by atoms with Crippen LogP contribution in [0.15, 0.2) is 58.5 Å². The molecule has 0 atom stereocenters. The smallest absolute Gasteiger partial charge is 0.0638 e. The van der Waals surface area contributed by atoms with E-state index in [4.69, 9.17) is 4.99 Å². The Hall–Kier alpha value is -1.73. The molecule has 0 fully saturated rings. The van der Waals surface area contributed by atoms with Gasteiger partial charge in [0.25, 0.3) is 0 Å². The average Bonchev–Trinajstić information content (AvgIpc) is 2.50. The number of hydrogen-bond acceptors (Lipinski definition) is 2. The molecule has 0 aliphatic carbocycles. The summed E-state index contributed by atoms with van der Waals surface area (Å²) in [6.45, 7) is 6.41. The zero-order chi connectivity index (χ0) is 15.8. The van der Waals surface area contributed by atoms with E-state index in [9.17, 15) is 0 Å². The van der Waals surface area contributed by atoms with Crippen molar-refractivity contribution in [3.8, 4) is 0 Å². The van der Waals surface area contributed by atoms with Crippen LogP contribution < -0.4 is 0 Å². The first kappa shape index (κ1) is 19.3. The Labute approximate surface area is 149 Å². The van der Waals surface area contributed by atoms with Crippen molar-refractivity contribution in [3.05, 3.63) is 59.7 Å². The van der Waals surface area contributed by atoms with Crippen LogP contribution in [0, 0.1) is 13.8 Å². The van der Waals surface area contributed by atoms with E-state index in [0.717, 1.165) is 36.3 Å². The van der Waals surface area contributed by atoms with Gasteiger partial charge in [0.1, 0.15) is 0 Å². The summed E-state index contributed by atoms with van der Waals surface area (Å²) in [6.07, 6.45) is 5.15. The second kappa shape index (κ2) is 10.1. The van der Waals surface area contributed by atoms with Gasteiger partial charge < -0.3 is 0 Å². The molecule has 0 heterocycles. The number of hydrogen-bond donors (Lipinski definition) is 0. The first-order chi connectivity index (χ1) is 10.7. The minimum Gasteiger partial charge on any atom is -0.255 e. The molecule has 124 valence electrons. The van der Waals surface area contributed by atoms with E-state index in [-0.39, 0.29) is 16.5 Å². The number of nitrogens with zero attached hydrogens (tertiary/aromatic N) is 2. The molecular formula is C20H24N2Ni. The molecule has 3 heteroatoms. The van der Waals surface area contributed by atoms with E-state index in [2.05, 4.69) is 44.0 Å². The standard InChI is InChI=1S/C20H24N2.Ni/c1-4-5-9-19(15-21-18-10-7-6-8-11-18)22-20-13-16(2)12-17(3)14-20;/h6-8,10-15H,4-5,9H2,1-3H3;/b21-15+,22-19+;. The van der Waals surface area contributed by atoms with Crippen LogP contribution in [0.5, 0.6) is 0 Å². The molecule has 23 heavy (non-hydrogen) atoms. The van der Waals surface area contributed by atoms with Gasteiger partial charge in [-0.25, -0.2) is 0 Å². The number of para-hydroxylation sites is 1. The molecule has 0 unspecified atom stereocenters. The molecule has 0 saturated heterocycles. The summed E-state index contributed by atoms with van der Waals surface area (Å²) in [4.78, 5) is 9.34. The van der Waals surface area contributed by atoms with Gasteiger partial charge in [-0.15, -0.1) is 0 Å². The minimum absolute atomic E-state index is 0. The van der Waals surface area contributed by atoms with Gasteiger partial charge in [-0.3, -0.25) is 9.98 Å². The number of aliphatic imine (C=N–C) groups is 2. The molecule has 0 aromatic heterocycles. The fourth-order valence-corrected chi connectivity index (χ4v) is 2.35. The molecule has 0 saturated carbocycles. The average molecular weight is 351 g/mol. The van der Waals surface area contributed by atoms with Gasteiger partial charge in [-0.1, -0.05) is 37.6 Å². The largest absolute Gasteiger partial charge is 0.255 e. The van der Waals surface area contributed by atoms with Crippen LogP contribution in [-0.2, 0) is 16.5 Å². The van der Waals surface area contributed by atoms with Crippen molar-refractivity contribution in [2.45, 2.75) is 40.0 Å². The van der Waals surface area contributed by atoms with E-state index < -0.39 is 0 Å². The monoisotopic (exact) mass is 350 g/mol. The van der Waals surface area contributed by atoms with Crippen LogP contribution in [0.3, 0.4) is 0 Å². The summed E-state index contributed by atoms with van der Waals surface area (Å²) in [6, 6.07) is 16.4. The number of unbranched alkanes of at least 4 members (excludes halogenated alkanes) is 1. The minimum atomic E-state index is 0. The fraction of sp³-hybridized carbons (Fsp3) is 0.300. The van der Waals surface area contributed by atoms with E-state index in [1.165, 1.54) is 11.1 Å². The SMILES string of the molecule is CCCCC(/C=N/c1ccccc1)=N\c1cc(C)cc(C)c1.[Ni]. The summed E-state index contributed by atoms with van der Waals surface area (Å²) in [5, 5.41) is 0. The summed E-state index contributed by atoms with van der Waals surface area (Å²) in [5.41, 5.74) is 5.51. The summed E-state index contributed by atoms with van der Waals surface area (Å²) >= 11 is 0. The molecule has 2 aromatic rings. The van der Waals surface area contributed by atoms with E-state index in [1.54, 1.807) is 0 Å². The van der Waals surface area contributed by atoms with Crippen molar-refractivity contribution in [1.82, 2.24) is 0 Å². The Morgan fingerprint density at radius 3 is 2.22 bits per heavy atom. The van der Waals surface area contributed by atoms with Gasteiger partial charge in [0.15, 0.2) is 0 Å². The predicted molar refractivity (Wildman–Crippen MR) is 97.1 cm³/mol. The Morgan fingerprint density at radius 1 is 0.957 bits per heavy atom. The zero-order valence-corrected chi connectivity index (χ0v) is 15.0. The third kappa shape index (κ3) is 6.92. The second-order valence-corrected chi connectivity index (χ2v) is 5.65. The zero-order valence-electron chi connectivity index (χ0n) is 14.0. The molecule has 0 bridgehead atoms. The van der Waals surface area contributed by atoms with Gasteiger partial charge in [0.2, 0.25) is 0 Å². The van der Waals surface area contributed by atoms with E-state index in [1.807, 2.05) is 36.5 Å². The van der Waals surface area contributed by atoms with Gasteiger partial charge in [0.05, 0.1) is 17.1 Å². The van der Waals surface area contributed by atoms with Gasteiger partial charge in [-0.05, 0) is 62.1 Å². The first-order valence-corrected chi connectivity index (χ1v) is 7.92. The molecular weight excluding hydrogens is 327 g/mol. The van der Waals surface area contributed by atoms with Crippen LogP contribution in [-0.4, -0.2) is 11.9 Å². The third-order valence-electron chi connectivity index (χ3n) is 3.38. The van der Waals surface area contributed by atoms with Crippen LogP contribution in [0.1, 0.15) is 37.3 Å². The molecule has 2 nitrogen and oxygen atoms in total. The summed E-state index contributed by atoms with van der Waals surface area (Å²) in [7, 11) is 0. The Balaban J connectivity index is 0.00000264. The van der Waals surface area contributed by atoms with Crippen molar-refractivity contribution in [2.75, 3.05) is 0 Å². The topological polar surface area (TPSA) is 24.7 Å². The molecule has 0 amide bonds. The van der Waals surface area contributed by atoms with E-state index >= 15 is 0 Å². The van der Waals surface area contributed by atoms with Crippen molar-refractivity contribution in [1.29, 1.82) is 0 Å².